The van der Waals surface area contributed by atoms with Crippen LogP contribution in [0.5, 0.6) is 5.75 Å². The fourth-order valence-electron chi connectivity index (χ4n) is 2.68. The predicted octanol–water partition coefficient (Wildman–Crippen LogP) is 5.44. The summed E-state index contributed by atoms with van der Waals surface area (Å²) in [5.74, 6) is -0.396. The van der Waals surface area contributed by atoms with E-state index in [0.717, 1.165) is 20.0 Å². The number of halogens is 3. The molecule has 30 heavy (non-hydrogen) atoms. The van der Waals surface area contributed by atoms with E-state index in [0.29, 0.717) is 23.6 Å². The van der Waals surface area contributed by atoms with Crippen LogP contribution in [-0.4, -0.2) is 43.6 Å². The lowest BCUT2D eigenvalue weighted by molar-refractivity contribution is -0.215. The summed E-state index contributed by atoms with van der Waals surface area (Å²) in [6, 6.07) is 9.59. The molecule has 0 N–H and O–H groups in total. The van der Waals surface area contributed by atoms with Gasteiger partial charge >= 0.3 is 12.1 Å². The van der Waals surface area contributed by atoms with E-state index >= 15 is 0 Å². The number of alkyl halides is 3. The Balaban J connectivity index is 1.95. The highest BCUT2D eigenvalue weighted by Crippen LogP contribution is 2.25. The van der Waals surface area contributed by atoms with Gasteiger partial charge in [-0.05, 0) is 30.7 Å². The number of unbranched alkanes of at least 4 members (excludes halogenated alkanes) is 3. The van der Waals surface area contributed by atoms with Crippen LogP contribution in [0.2, 0.25) is 0 Å². The molecule has 8 heteroatoms. The van der Waals surface area contributed by atoms with Crippen molar-refractivity contribution in [2.45, 2.75) is 44.9 Å². The number of aromatic nitrogens is 1. The van der Waals surface area contributed by atoms with Gasteiger partial charge in [0.1, 0.15) is 5.75 Å². The molecule has 0 saturated heterocycles. The van der Waals surface area contributed by atoms with Crippen LogP contribution in [0.3, 0.4) is 0 Å². The third-order valence-corrected chi connectivity index (χ3v) is 4.35. The maximum Gasteiger partial charge on any atom is 0.427 e. The number of esters is 1. The molecule has 0 radical (unpaired) electrons. The first-order valence-electron chi connectivity index (χ1n) is 9.81. The first-order valence-corrected chi connectivity index (χ1v) is 9.81. The van der Waals surface area contributed by atoms with E-state index < -0.39 is 24.9 Å². The minimum atomic E-state index is -4.70. The van der Waals surface area contributed by atoms with Crippen molar-refractivity contribution < 1.29 is 32.2 Å². The average molecular weight is 425 g/mol. The number of nitrogens with zero attached hydrogens (tertiary/aromatic N) is 1. The van der Waals surface area contributed by atoms with Gasteiger partial charge in [-0.25, -0.2) is 4.79 Å². The molecule has 2 aromatic rings. The van der Waals surface area contributed by atoms with Crippen LogP contribution in [0.4, 0.5) is 13.2 Å². The highest BCUT2D eigenvalue weighted by molar-refractivity contribution is 5.90. The Labute approximate surface area is 174 Å². The summed E-state index contributed by atoms with van der Waals surface area (Å²) in [6.07, 6.45) is -0.911. The van der Waals surface area contributed by atoms with Crippen molar-refractivity contribution in [1.29, 1.82) is 0 Å². The van der Waals surface area contributed by atoms with Crippen molar-refractivity contribution in [1.82, 2.24) is 4.98 Å². The summed E-state index contributed by atoms with van der Waals surface area (Å²) in [5.41, 5.74) is 1.38. The maximum absolute atomic E-state index is 12.9. The van der Waals surface area contributed by atoms with Gasteiger partial charge in [-0.15, -0.1) is 0 Å². The Morgan fingerprint density at radius 1 is 1.07 bits per heavy atom. The van der Waals surface area contributed by atoms with E-state index in [4.69, 9.17) is 4.74 Å². The number of pyridine rings is 1. The average Bonchev–Trinajstić information content (AvgIpc) is 2.73. The van der Waals surface area contributed by atoms with Gasteiger partial charge in [0, 0.05) is 12.7 Å². The monoisotopic (exact) mass is 425 g/mol. The van der Waals surface area contributed by atoms with Crippen molar-refractivity contribution in [3.63, 3.8) is 0 Å². The molecule has 0 aliphatic rings. The van der Waals surface area contributed by atoms with Gasteiger partial charge in [-0.2, -0.15) is 13.2 Å². The van der Waals surface area contributed by atoms with Crippen LogP contribution in [0.25, 0.3) is 11.3 Å². The Morgan fingerprint density at radius 2 is 1.80 bits per heavy atom. The summed E-state index contributed by atoms with van der Waals surface area (Å²) in [5, 5.41) is 0. The van der Waals surface area contributed by atoms with Crippen molar-refractivity contribution >= 4 is 5.97 Å². The fourth-order valence-corrected chi connectivity index (χ4v) is 2.68. The number of rotatable bonds is 11. The lowest BCUT2D eigenvalue weighted by atomic mass is 10.1. The highest BCUT2D eigenvalue weighted by atomic mass is 19.4. The topological polar surface area (TPSA) is 57.7 Å². The largest absolute Gasteiger partial charge is 0.492 e. The Morgan fingerprint density at radius 3 is 2.37 bits per heavy atom. The molecule has 5 nitrogen and oxygen atoms in total. The molecule has 1 heterocycles. The first-order chi connectivity index (χ1) is 14.3. The molecule has 164 valence electrons. The minimum Gasteiger partial charge on any atom is -0.492 e. The number of benzene rings is 1. The molecule has 0 bridgehead atoms. The summed E-state index contributed by atoms with van der Waals surface area (Å²) in [7, 11) is 1.11. The molecule has 0 aliphatic heterocycles. The highest BCUT2D eigenvalue weighted by Gasteiger charge is 2.43. The number of hydrogen-bond acceptors (Lipinski definition) is 5. The van der Waals surface area contributed by atoms with Gasteiger partial charge < -0.3 is 14.2 Å². The molecule has 0 amide bonds. The molecule has 1 aromatic carbocycles. The van der Waals surface area contributed by atoms with Crippen LogP contribution in [0.1, 0.15) is 43.0 Å². The molecule has 1 unspecified atom stereocenters. The van der Waals surface area contributed by atoms with Crippen molar-refractivity contribution in [2.24, 2.45) is 0 Å². The number of ether oxygens (including phenoxy) is 3. The lowest BCUT2D eigenvalue weighted by Crippen LogP contribution is -2.37. The van der Waals surface area contributed by atoms with E-state index in [1.165, 1.54) is 25.0 Å². The quantitative estimate of drug-likeness (QED) is 0.354. The normalized spacial score (nSPS) is 12.4. The molecular formula is C22H26F3NO4. The SMILES string of the molecule is CCCCCCOc1ccc(-c2ccc(C(=O)OC(COC)C(F)(F)F)cc2)nc1. The summed E-state index contributed by atoms with van der Waals surface area (Å²) < 4.78 is 53.2. The fraction of sp³-hybridized carbons (Fsp3) is 0.455. The zero-order valence-electron chi connectivity index (χ0n) is 17.1. The van der Waals surface area contributed by atoms with E-state index in [-0.39, 0.29) is 5.56 Å². The molecule has 0 fully saturated rings. The van der Waals surface area contributed by atoms with E-state index in [1.54, 1.807) is 24.4 Å². The zero-order valence-corrected chi connectivity index (χ0v) is 17.1. The van der Waals surface area contributed by atoms with Gasteiger partial charge in [0.2, 0.25) is 6.10 Å². The summed E-state index contributed by atoms with van der Waals surface area (Å²) in [6.45, 7) is 2.03. The number of methoxy groups -OCH3 is 1. The van der Waals surface area contributed by atoms with E-state index in [1.807, 2.05) is 6.07 Å². The summed E-state index contributed by atoms with van der Waals surface area (Å²) >= 11 is 0. The van der Waals surface area contributed by atoms with Crippen LogP contribution >= 0.6 is 0 Å². The van der Waals surface area contributed by atoms with Gasteiger partial charge in [-0.1, -0.05) is 38.3 Å². The zero-order chi connectivity index (χ0) is 22.0. The first kappa shape index (κ1) is 23.7. The molecular weight excluding hydrogens is 399 g/mol. The van der Waals surface area contributed by atoms with Crippen LogP contribution in [-0.2, 0) is 9.47 Å². The van der Waals surface area contributed by atoms with E-state index in [2.05, 4.69) is 21.4 Å². The number of carbonyl (C=O) groups is 1. The minimum absolute atomic E-state index is 0.0103. The van der Waals surface area contributed by atoms with Crippen molar-refractivity contribution in [3.8, 4) is 17.0 Å². The van der Waals surface area contributed by atoms with E-state index in [9.17, 15) is 18.0 Å². The lowest BCUT2D eigenvalue weighted by Gasteiger charge is -2.19. The Kier molecular flexibility index (Phi) is 9.11. The predicted molar refractivity (Wildman–Crippen MR) is 106 cm³/mol. The molecule has 1 aromatic heterocycles. The summed E-state index contributed by atoms with van der Waals surface area (Å²) in [4.78, 5) is 16.4. The smallest absolute Gasteiger partial charge is 0.427 e. The molecule has 2 rings (SSSR count). The van der Waals surface area contributed by atoms with Crippen molar-refractivity contribution in [3.05, 3.63) is 48.2 Å². The Hall–Kier alpha value is -2.61. The second-order valence-electron chi connectivity index (χ2n) is 6.76. The van der Waals surface area contributed by atoms with Gasteiger partial charge in [0.05, 0.1) is 30.7 Å². The number of carbonyl (C=O) groups excluding carboxylic acids is 1. The van der Waals surface area contributed by atoms with Crippen LogP contribution in [0.15, 0.2) is 42.6 Å². The maximum atomic E-state index is 12.9. The van der Waals surface area contributed by atoms with Gasteiger partial charge in [0.15, 0.2) is 0 Å². The second kappa shape index (κ2) is 11.5. The molecule has 1 atom stereocenters. The van der Waals surface area contributed by atoms with Crippen molar-refractivity contribution in [2.75, 3.05) is 20.3 Å². The molecule has 0 saturated carbocycles. The Bertz CT molecular complexity index is 776. The molecule has 0 aliphatic carbocycles. The standard InChI is InChI=1S/C22H26F3NO4/c1-3-4-5-6-13-29-18-11-12-19(26-14-18)16-7-9-17(10-8-16)21(27)30-20(15-28-2)22(23,24)25/h7-12,14,20H,3-6,13,15H2,1-2H3. The van der Waals surface area contributed by atoms with Crippen LogP contribution in [0, 0.1) is 0 Å². The third kappa shape index (κ3) is 7.33. The second-order valence-corrected chi connectivity index (χ2v) is 6.76. The third-order valence-electron chi connectivity index (χ3n) is 4.35. The van der Waals surface area contributed by atoms with Gasteiger partial charge in [0.25, 0.3) is 0 Å². The van der Waals surface area contributed by atoms with Crippen LogP contribution < -0.4 is 4.74 Å². The molecule has 0 spiro atoms. The van der Waals surface area contributed by atoms with Gasteiger partial charge in [-0.3, -0.25) is 4.98 Å². The number of hydrogen-bond donors (Lipinski definition) is 0.